The van der Waals surface area contributed by atoms with Gasteiger partial charge in [-0.1, -0.05) is 32.6 Å². The van der Waals surface area contributed by atoms with Crippen molar-refractivity contribution in [3.8, 4) is 0 Å². The Bertz CT molecular complexity index is 430. The fraction of sp³-hybridized carbons (Fsp3) is 0.667. The van der Waals surface area contributed by atoms with E-state index < -0.39 is 0 Å². The maximum Gasteiger partial charge on any atom is 0.270 e. The number of hydrogen-bond acceptors (Lipinski definition) is 4. The van der Waals surface area contributed by atoms with Crippen molar-refractivity contribution in [1.82, 2.24) is 15.3 Å². The van der Waals surface area contributed by atoms with Gasteiger partial charge in [0.2, 0.25) is 5.95 Å². The Labute approximate surface area is 120 Å². The lowest BCUT2D eigenvalue weighted by Gasteiger charge is -2.11. The number of aromatic nitrogens is 2. The van der Waals surface area contributed by atoms with Crippen LogP contribution < -0.4 is 10.6 Å². The van der Waals surface area contributed by atoms with Gasteiger partial charge in [0, 0.05) is 18.8 Å². The first kappa shape index (κ1) is 14.8. The van der Waals surface area contributed by atoms with E-state index in [-0.39, 0.29) is 5.91 Å². The van der Waals surface area contributed by atoms with Gasteiger partial charge in [0.15, 0.2) is 0 Å². The monoisotopic (exact) mass is 276 g/mol. The molecule has 0 radical (unpaired) electrons. The molecule has 2 N–H and O–H groups in total. The number of rotatable bonds is 7. The van der Waals surface area contributed by atoms with E-state index in [1.54, 1.807) is 12.3 Å². The Morgan fingerprint density at radius 2 is 2.15 bits per heavy atom. The van der Waals surface area contributed by atoms with Crippen LogP contribution in [-0.4, -0.2) is 28.5 Å². The first-order chi connectivity index (χ1) is 9.79. The second kappa shape index (κ2) is 7.82. The van der Waals surface area contributed by atoms with Gasteiger partial charge in [-0.3, -0.25) is 4.79 Å². The molecule has 1 aliphatic rings. The summed E-state index contributed by atoms with van der Waals surface area (Å²) < 4.78 is 0. The van der Waals surface area contributed by atoms with Crippen LogP contribution in [0.25, 0.3) is 0 Å². The third kappa shape index (κ3) is 4.47. The zero-order valence-electron chi connectivity index (χ0n) is 12.2. The van der Waals surface area contributed by atoms with Crippen LogP contribution in [-0.2, 0) is 0 Å². The Hall–Kier alpha value is -1.65. The molecule has 5 nitrogen and oxygen atoms in total. The van der Waals surface area contributed by atoms with Gasteiger partial charge in [-0.2, -0.15) is 0 Å². The predicted molar refractivity (Wildman–Crippen MR) is 79.8 cm³/mol. The summed E-state index contributed by atoms with van der Waals surface area (Å²) in [6, 6.07) is 1.99. The van der Waals surface area contributed by atoms with Crippen molar-refractivity contribution in [3.05, 3.63) is 18.0 Å². The minimum absolute atomic E-state index is 0.0871. The van der Waals surface area contributed by atoms with E-state index in [9.17, 15) is 4.79 Å². The molecule has 0 atom stereocenters. The minimum Gasteiger partial charge on any atom is -0.354 e. The Balaban J connectivity index is 1.85. The molecular formula is C15H24N4O. The third-order valence-corrected chi connectivity index (χ3v) is 3.64. The van der Waals surface area contributed by atoms with E-state index in [1.807, 2.05) is 0 Å². The number of anilines is 1. The SMILES string of the molecule is CCCCCNc1nccc(C(=O)NC2CCCC2)n1. The van der Waals surface area contributed by atoms with E-state index in [4.69, 9.17) is 0 Å². The smallest absolute Gasteiger partial charge is 0.270 e. The second-order valence-corrected chi connectivity index (χ2v) is 5.35. The van der Waals surface area contributed by atoms with Gasteiger partial charge >= 0.3 is 0 Å². The lowest BCUT2D eigenvalue weighted by Crippen LogP contribution is -2.33. The average Bonchev–Trinajstić information content (AvgIpc) is 2.97. The Morgan fingerprint density at radius 3 is 2.90 bits per heavy atom. The van der Waals surface area contributed by atoms with E-state index in [0.29, 0.717) is 17.7 Å². The zero-order valence-corrected chi connectivity index (χ0v) is 12.2. The number of nitrogens with one attached hydrogen (secondary N) is 2. The van der Waals surface area contributed by atoms with Crippen molar-refractivity contribution >= 4 is 11.9 Å². The number of hydrogen-bond donors (Lipinski definition) is 2. The number of carbonyl (C=O) groups excluding carboxylic acids is 1. The highest BCUT2D eigenvalue weighted by atomic mass is 16.1. The summed E-state index contributed by atoms with van der Waals surface area (Å²) in [6.07, 6.45) is 9.69. The van der Waals surface area contributed by atoms with Crippen molar-refractivity contribution in [2.24, 2.45) is 0 Å². The van der Waals surface area contributed by atoms with Crippen LogP contribution in [0.3, 0.4) is 0 Å². The van der Waals surface area contributed by atoms with E-state index in [1.165, 1.54) is 25.7 Å². The molecule has 0 bridgehead atoms. The van der Waals surface area contributed by atoms with Crippen molar-refractivity contribution in [1.29, 1.82) is 0 Å². The van der Waals surface area contributed by atoms with Crippen LogP contribution in [0.1, 0.15) is 62.4 Å². The summed E-state index contributed by atoms with van der Waals surface area (Å²) >= 11 is 0. The van der Waals surface area contributed by atoms with Crippen molar-refractivity contribution in [3.63, 3.8) is 0 Å². The van der Waals surface area contributed by atoms with Gasteiger partial charge in [0.1, 0.15) is 5.69 Å². The highest BCUT2D eigenvalue weighted by Gasteiger charge is 2.18. The molecule has 0 unspecified atom stereocenters. The molecule has 110 valence electrons. The molecule has 1 aromatic heterocycles. The highest BCUT2D eigenvalue weighted by Crippen LogP contribution is 2.18. The van der Waals surface area contributed by atoms with Crippen LogP contribution in [0.2, 0.25) is 0 Å². The minimum atomic E-state index is -0.0871. The molecule has 0 saturated heterocycles. The summed E-state index contributed by atoms with van der Waals surface area (Å²) in [5, 5.41) is 6.21. The summed E-state index contributed by atoms with van der Waals surface area (Å²) in [5.41, 5.74) is 0.449. The van der Waals surface area contributed by atoms with Crippen LogP contribution in [0.5, 0.6) is 0 Å². The van der Waals surface area contributed by atoms with Gasteiger partial charge in [0.05, 0.1) is 0 Å². The van der Waals surface area contributed by atoms with E-state index in [2.05, 4.69) is 27.5 Å². The van der Waals surface area contributed by atoms with Crippen molar-refractivity contribution in [2.75, 3.05) is 11.9 Å². The molecule has 2 rings (SSSR count). The normalized spacial score (nSPS) is 15.2. The Morgan fingerprint density at radius 1 is 1.35 bits per heavy atom. The van der Waals surface area contributed by atoms with Crippen molar-refractivity contribution in [2.45, 2.75) is 57.9 Å². The average molecular weight is 276 g/mol. The summed E-state index contributed by atoms with van der Waals surface area (Å²) in [6.45, 7) is 3.02. The molecule has 1 aliphatic carbocycles. The molecule has 1 fully saturated rings. The van der Waals surface area contributed by atoms with Crippen LogP contribution in [0, 0.1) is 0 Å². The molecule has 1 saturated carbocycles. The van der Waals surface area contributed by atoms with Gasteiger partial charge in [-0.15, -0.1) is 0 Å². The molecule has 1 aromatic rings. The van der Waals surface area contributed by atoms with Crippen LogP contribution in [0.15, 0.2) is 12.3 Å². The number of carbonyl (C=O) groups is 1. The van der Waals surface area contributed by atoms with Gasteiger partial charge in [-0.25, -0.2) is 9.97 Å². The molecule has 20 heavy (non-hydrogen) atoms. The molecule has 5 heteroatoms. The highest BCUT2D eigenvalue weighted by molar-refractivity contribution is 5.92. The maximum absolute atomic E-state index is 12.1. The van der Waals surface area contributed by atoms with Gasteiger partial charge in [-0.05, 0) is 25.3 Å². The molecule has 1 heterocycles. The van der Waals surface area contributed by atoms with Gasteiger partial charge in [0.25, 0.3) is 5.91 Å². The standard InChI is InChI=1S/C15H24N4O/c1-2-3-6-10-16-15-17-11-9-13(19-15)14(20)18-12-7-4-5-8-12/h9,11-12H,2-8,10H2,1H3,(H,18,20)(H,16,17,19). The fourth-order valence-electron chi connectivity index (χ4n) is 2.48. The lowest BCUT2D eigenvalue weighted by atomic mass is 10.2. The largest absolute Gasteiger partial charge is 0.354 e. The summed E-state index contributed by atoms with van der Waals surface area (Å²) in [7, 11) is 0. The summed E-state index contributed by atoms with van der Waals surface area (Å²) in [5.74, 6) is 0.455. The third-order valence-electron chi connectivity index (χ3n) is 3.64. The second-order valence-electron chi connectivity index (χ2n) is 5.35. The van der Waals surface area contributed by atoms with Crippen molar-refractivity contribution < 1.29 is 4.79 Å². The first-order valence-corrected chi connectivity index (χ1v) is 7.67. The topological polar surface area (TPSA) is 66.9 Å². The molecule has 0 aliphatic heterocycles. The lowest BCUT2D eigenvalue weighted by molar-refractivity contribution is 0.0933. The Kier molecular flexibility index (Phi) is 5.77. The van der Waals surface area contributed by atoms with E-state index >= 15 is 0 Å². The fourth-order valence-corrected chi connectivity index (χ4v) is 2.48. The summed E-state index contributed by atoms with van der Waals surface area (Å²) in [4.78, 5) is 20.5. The van der Waals surface area contributed by atoms with E-state index in [0.717, 1.165) is 25.8 Å². The first-order valence-electron chi connectivity index (χ1n) is 7.67. The molecule has 1 amide bonds. The molecule has 0 spiro atoms. The number of nitrogens with zero attached hydrogens (tertiary/aromatic N) is 2. The maximum atomic E-state index is 12.1. The van der Waals surface area contributed by atoms with Crippen LogP contribution >= 0.6 is 0 Å². The number of amides is 1. The predicted octanol–water partition coefficient (Wildman–Crippen LogP) is 2.75. The van der Waals surface area contributed by atoms with Crippen LogP contribution in [0.4, 0.5) is 5.95 Å². The number of unbranched alkanes of at least 4 members (excludes halogenated alkanes) is 2. The molecular weight excluding hydrogens is 252 g/mol. The quantitative estimate of drug-likeness (QED) is 0.751. The van der Waals surface area contributed by atoms with Gasteiger partial charge < -0.3 is 10.6 Å². The zero-order chi connectivity index (χ0) is 14.2. The molecule has 0 aromatic carbocycles.